The van der Waals surface area contributed by atoms with Crippen molar-refractivity contribution in [3.63, 3.8) is 0 Å². The minimum absolute atomic E-state index is 0.160. The summed E-state index contributed by atoms with van der Waals surface area (Å²) in [6.07, 6.45) is 1.81. The number of nitrogens with zero attached hydrogens (tertiary/aromatic N) is 4. The largest absolute Gasteiger partial charge is 0.435 e. The molecule has 0 unspecified atom stereocenters. The van der Waals surface area contributed by atoms with E-state index >= 15 is 0 Å². The number of carbonyl (C=O) groups is 1. The van der Waals surface area contributed by atoms with Gasteiger partial charge in [0.2, 0.25) is 5.91 Å². The van der Waals surface area contributed by atoms with Crippen LogP contribution in [0.4, 0.5) is 13.2 Å². The fraction of sp³-hybridized carbons (Fsp3) is 0.400. The molecule has 2 aromatic heterocycles. The van der Waals surface area contributed by atoms with Gasteiger partial charge in [-0.3, -0.25) is 14.5 Å². The van der Waals surface area contributed by atoms with Gasteiger partial charge in [0.15, 0.2) is 5.69 Å². The summed E-state index contributed by atoms with van der Waals surface area (Å²) in [5, 5.41) is 3.42. The first-order valence-corrected chi connectivity index (χ1v) is 7.22. The van der Waals surface area contributed by atoms with Crippen LogP contribution < -0.4 is 0 Å². The van der Waals surface area contributed by atoms with E-state index in [0.717, 1.165) is 29.2 Å². The molecule has 0 N–H and O–H groups in total. The molecule has 0 atom stereocenters. The second kappa shape index (κ2) is 6.02. The molecule has 0 radical (unpaired) electrons. The van der Waals surface area contributed by atoms with E-state index in [1.807, 2.05) is 12.1 Å². The summed E-state index contributed by atoms with van der Waals surface area (Å²) in [7, 11) is 0. The minimum atomic E-state index is -4.50. The van der Waals surface area contributed by atoms with Gasteiger partial charge in [-0.05, 0) is 36.6 Å². The zero-order chi connectivity index (χ0) is 16.4. The zero-order valence-corrected chi connectivity index (χ0v) is 12.2. The molecule has 0 bridgehead atoms. The average molecular weight is 324 g/mol. The summed E-state index contributed by atoms with van der Waals surface area (Å²) in [5.41, 5.74) is -0.0471. The maximum Gasteiger partial charge on any atom is 0.435 e. The summed E-state index contributed by atoms with van der Waals surface area (Å²) in [6.45, 7) is 0.233. The molecule has 1 saturated carbocycles. The van der Waals surface area contributed by atoms with E-state index in [2.05, 4.69) is 10.1 Å². The number of carbonyl (C=O) groups excluding carboxylic acids is 1. The Balaban J connectivity index is 1.68. The van der Waals surface area contributed by atoms with Crippen molar-refractivity contribution in [1.82, 2.24) is 19.7 Å². The minimum Gasteiger partial charge on any atom is -0.334 e. The van der Waals surface area contributed by atoms with E-state index in [4.69, 9.17) is 0 Å². The molecule has 0 spiro atoms. The molecule has 1 aliphatic carbocycles. The third kappa shape index (κ3) is 3.88. The second-order valence-electron chi connectivity index (χ2n) is 5.50. The van der Waals surface area contributed by atoms with Crippen LogP contribution in [-0.2, 0) is 24.1 Å². The Morgan fingerprint density at radius 3 is 2.52 bits per heavy atom. The van der Waals surface area contributed by atoms with E-state index in [0.29, 0.717) is 6.54 Å². The van der Waals surface area contributed by atoms with Crippen molar-refractivity contribution in [3.05, 3.63) is 48.0 Å². The second-order valence-corrected chi connectivity index (χ2v) is 5.50. The van der Waals surface area contributed by atoms with Crippen LogP contribution in [0.5, 0.6) is 0 Å². The Labute approximate surface area is 130 Å². The first-order chi connectivity index (χ1) is 10.9. The molecule has 1 fully saturated rings. The monoisotopic (exact) mass is 324 g/mol. The number of hydrogen-bond acceptors (Lipinski definition) is 3. The van der Waals surface area contributed by atoms with E-state index in [-0.39, 0.29) is 18.5 Å². The highest BCUT2D eigenvalue weighted by Gasteiger charge is 2.35. The van der Waals surface area contributed by atoms with E-state index in [1.165, 1.54) is 6.20 Å². The third-order valence-corrected chi connectivity index (χ3v) is 3.64. The highest BCUT2D eigenvalue weighted by Crippen LogP contribution is 2.29. The lowest BCUT2D eigenvalue weighted by Gasteiger charge is -2.22. The smallest absolute Gasteiger partial charge is 0.334 e. The standard InChI is InChI=1S/C15H15F3N4O/c16-15(17,18)13-5-8-21(20-13)10-14(23)22(12-1-2-12)9-11-3-6-19-7-4-11/h3-8,12H,1-2,9-10H2. The highest BCUT2D eigenvalue weighted by molar-refractivity contribution is 5.76. The molecule has 0 aromatic carbocycles. The van der Waals surface area contributed by atoms with Gasteiger partial charge >= 0.3 is 6.18 Å². The Hall–Kier alpha value is -2.38. The maximum atomic E-state index is 12.5. The Kier molecular flexibility index (Phi) is 4.06. The van der Waals surface area contributed by atoms with Gasteiger partial charge in [-0.1, -0.05) is 0 Å². The van der Waals surface area contributed by atoms with Crippen LogP contribution in [0.25, 0.3) is 0 Å². The van der Waals surface area contributed by atoms with Gasteiger partial charge in [-0.15, -0.1) is 0 Å². The quantitative estimate of drug-likeness (QED) is 0.849. The zero-order valence-electron chi connectivity index (χ0n) is 12.2. The van der Waals surface area contributed by atoms with Crippen molar-refractivity contribution in [2.75, 3.05) is 0 Å². The first-order valence-electron chi connectivity index (χ1n) is 7.22. The van der Waals surface area contributed by atoms with Crippen LogP contribution in [0.1, 0.15) is 24.1 Å². The van der Waals surface area contributed by atoms with Crippen molar-refractivity contribution < 1.29 is 18.0 Å². The summed E-state index contributed by atoms with van der Waals surface area (Å²) >= 11 is 0. The lowest BCUT2D eigenvalue weighted by atomic mass is 10.2. The molecular weight excluding hydrogens is 309 g/mol. The van der Waals surface area contributed by atoms with Crippen LogP contribution in [0.15, 0.2) is 36.8 Å². The molecule has 8 heteroatoms. The molecule has 122 valence electrons. The van der Waals surface area contributed by atoms with Crippen molar-refractivity contribution >= 4 is 5.91 Å². The fourth-order valence-corrected chi connectivity index (χ4v) is 2.32. The van der Waals surface area contributed by atoms with Crippen LogP contribution in [-0.4, -0.2) is 31.6 Å². The Morgan fingerprint density at radius 1 is 1.26 bits per heavy atom. The van der Waals surface area contributed by atoms with Crippen molar-refractivity contribution in [1.29, 1.82) is 0 Å². The van der Waals surface area contributed by atoms with Gasteiger partial charge in [0, 0.05) is 31.2 Å². The molecule has 0 saturated heterocycles. The maximum absolute atomic E-state index is 12.5. The number of hydrogen-bond donors (Lipinski definition) is 0. The molecule has 0 aliphatic heterocycles. The number of aromatic nitrogens is 3. The SMILES string of the molecule is O=C(Cn1ccc(C(F)(F)F)n1)N(Cc1ccncc1)C1CC1. The van der Waals surface area contributed by atoms with Crippen LogP contribution in [0, 0.1) is 0 Å². The Morgan fingerprint density at radius 2 is 1.96 bits per heavy atom. The molecular formula is C15H15F3N4O. The number of alkyl halides is 3. The number of halogens is 3. The molecule has 2 heterocycles. The van der Waals surface area contributed by atoms with Gasteiger partial charge in [0.05, 0.1) is 0 Å². The van der Waals surface area contributed by atoms with E-state index in [9.17, 15) is 18.0 Å². The normalized spacial score (nSPS) is 14.7. The molecule has 1 aliphatic rings. The van der Waals surface area contributed by atoms with Gasteiger partial charge in [-0.2, -0.15) is 18.3 Å². The molecule has 2 aromatic rings. The lowest BCUT2D eigenvalue weighted by Crippen LogP contribution is -2.35. The third-order valence-electron chi connectivity index (χ3n) is 3.64. The first kappa shape index (κ1) is 15.5. The average Bonchev–Trinajstić information content (AvgIpc) is 3.23. The topological polar surface area (TPSA) is 51.0 Å². The Bertz CT molecular complexity index is 680. The van der Waals surface area contributed by atoms with Crippen molar-refractivity contribution in [2.24, 2.45) is 0 Å². The van der Waals surface area contributed by atoms with E-state index in [1.54, 1.807) is 17.3 Å². The molecule has 23 heavy (non-hydrogen) atoms. The van der Waals surface area contributed by atoms with Gasteiger partial charge in [0.1, 0.15) is 6.54 Å². The summed E-state index contributed by atoms with van der Waals surface area (Å²) < 4.78 is 38.7. The molecule has 3 rings (SSSR count). The van der Waals surface area contributed by atoms with Crippen molar-refractivity contribution in [3.8, 4) is 0 Å². The predicted octanol–water partition coefficient (Wildman–Crippen LogP) is 2.49. The highest BCUT2D eigenvalue weighted by atomic mass is 19.4. The van der Waals surface area contributed by atoms with Crippen LogP contribution in [0.2, 0.25) is 0 Å². The summed E-state index contributed by atoms with van der Waals surface area (Å²) in [4.78, 5) is 18.1. The number of pyridine rings is 1. The van der Waals surface area contributed by atoms with E-state index < -0.39 is 11.9 Å². The fourth-order valence-electron chi connectivity index (χ4n) is 2.32. The van der Waals surface area contributed by atoms with Gasteiger partial charge in [-0.25, -0.2) is 0 Å². The lowest BCUT2D eigenvalue weighted by molar-refractivity contribution is -0.142. The van der Waals surface area contributed by atoms with Gasteiger partial charge < -0.3 is 4.90 Å². The van der Waals surface area contributed by atoms with Crippen LogP contribution in [0.3, 0.4) is 0 Å². The van der Waals surface area contributed by atoms with Crippen LogP contribution >= 0.6 is 0 Å². The summed E-state index contributed by atoms with van der Waals surface area (Å²) in [5.74, 6) is -0.235. The number of amides is 1. The van der Waals surface area contributed by atoms with Crippen molar-refractivity contribution in [2.45, 2.75) is 38.1 Å². The molecule has 5 nitrogen and oxygen atoms in total. The summed E-state index contributed by atoms with van der Waals surface area (Å²) in [6, 6.07) is 4.67. The predicted molar refractivity (Wildman–Crippen MR) is 75.0 cm³/mol. The van der Waals surface area contributed by atoms with Gasteiger partial charge in [0.25, 0.3) is 0 Å². The molecule has 1 amide bonds. The number of rotatable bonds is 5.